The topological polar surface area (TPSA) is 36.4 Å². The van der Waals surface area contributed by atoms with Gasteiger partial charge in [-0.05, 0) is 49.6 Å². The highest BCUT2D eigenvalue weighted by Crippen LogP contribution is 2.33. The number of nitrogens with zero attached hydrogens (tertiary/aromatic N) is 3. The van der Waals surface area contributed by atoms with Crippen molar-refractivity contribution in [3.05, 3.63) is 89.6 Å². The number of carbonyl (C=O) groups excluding carboxylic acids is 1. The van der Waals surface area contributed by atoms with Crippen LogP contribution in [-0.4, -0.2) is 28.4 Å². The maximum atomic E-state index is 13.3. The number of benzene rings is 2. The van der Waals surface area contributed by atoms with Gasteiger partial charge in [-0.25, -0.2) is 4.98 Å². The third-order valence-corrected chi connectivity index (χ3v) is 5.24. The molecule has 0 N–H and O–H groups in total. The van der Waals surface area contributed by atoms with E-state index in [0.29, 0.717) is 12.1 Å². The highest BCUT2D eigenvalue weighted by Gasteiger charge is 2.23. The molecule has 142 valence electrons. The van der Waals surface area contributed by atoms with Crippen molar-refractivity contribution in [1.29, 1.82) is 0 Å². The van der Waals surface area contributed by atoms with Crippen molar-refractivity contribution in [3.8, 4) is 0 Å². The average molecular weight is 371 g/mol. The number of para-hydroxylation sites is 1. The van der Waals surface area contributed by atoms with Crippen LogP contribution in [0.2, 0.25) is 0 Å². The summed E-state index contributed by atoms with van der Waals surface area (Å²) in [6, 6.07) is 22.4. The minimum absolute atomic E-state index is 0.0370. The van der Waals surface area contributed by atoms with Crippen LogP contribution >= 0.6 is 0 Å². The van der Waals surface area contributed by atoms with E-state index < -0.39 is 0 Å². The number of anilines is 2. The van der Waals surface area contributed by atoms with E-state index in [1.807, 2.05) is 41.3 Å². The van der Waals surface area contributed by atoms with Gasteiger partial charge in [0.25, 0.3) is 5.91 Å². The van der Waals surface area contributed by atoms with Crippen LogP contribution in [0, 0.1) is 0 Å². The molecule has 0 radical (unpaired) electrons. The molecule has 1 aromatic heterocycles. The zero-order chi connectivity index (χ0) is 19.5. The summed E-state index contributed by atoms with van der Waals surface area (Å²) < 4.78 is 0. The molecule has 2 aromatic carbocycles. The van der Waals surface area contributed by atoms with E-state index in [2.05, 4.69) is 54.1 Å². The van der Waals surface area contributed by atoms with Crippen LogP contribution in [0.1, 0.15) is 35.3 Å². The first kappa shape index (κ1) is 18.2. The maximum Gasteiger partial charge on any atom is 0.254 e. The first-order chi connectivity index (χ1) is 13.6. The second kappa shape index (κ2) is 7.85. The minimum Gasteiger partial charge on any atom is -0.332 e. The highest BCUT2D eigenvalue weighted by molar-refractivity contribution is 5.95. The lowest BCUT2D eigenvalue weighted by Gasteiger charge is -2.27. The number of pyridine rings is 1. The Bertz CT molecular complexity index is 968. The van der Waals surface area contributed by atoms with E-state index in [-0.39, 0.29) is 11.9 Å². The number of fused-ring (bicyclic) bond motifs is 1. The predicted octanol–water partition coefficient (Wildman–Crippen LogP) is 4.83. The van der Waals surface area contributed by atoms with E-state index in [9.17, 15) is 4.79 Å². The summed E-state index contributed by atoms with van der Waals surface area (Å²) in [6.45, 7) is 5.60. The number of hydrogen-bond donors (Lipinski definition) is 0. The number of carbonyl (C=O) groups is 1. The van der Waals surface area contributed by atoms with Crippen LogP contribution < -0.4 is 4.90 Å². The quantitative estimate of drug-likeness (QED) is 0.645. The standard InChI is InChI=1S/C24H25N3O/c1-18(2)27(17-19-8-4-3-5-9-19)24(28)21-12-14-25-23(16-21)26-15-13-20-10-6-7-11-22(20)26/h3-12,14,16,18H,13,15,17H2,1-2H3. The van der Waals surface area contributed by atoms with E-state index in [0.717, 1.165) is 24.3 Å². The largest absolute Gasteiger partial charge is 0.332 e. The van der Waals surface area contributed by atoms with E-state index in [4.69, 9.17) is 0 Å². The van der Waals surface area contributed by atoms with Gasteiger partial charge in [0, 0.05) is 36.6 Å². The van der Waals surface area contributed by atoms with Crippen LogP contribution in [0.3, 0.4) is 0 Å². The van der Waals surface area contributed by atoms with E-state index in [1.54, 1.807) is 6.20 Å². The molecule has 4 rings (SSSR count). The Balaban J connectivity index is 1.60. The Labute approximate surface area is 166 Å². The SMILES string of the molecule is CC(C)N(Cc1ccccc1)C(=O)c1ccnc(N2CCc3ccccc32)c1. The molecule has 0 fully saturated rings. The summed E-state index contributed by atoms with van der Waals surface area (Å²) in [7, 11) is 0. The molecular formula is C24H25N3O. The summed E-state index contributed by atoms with van der Waals surface area (Å²) >= 11 is 0. The van der Waals surface area contributed by atoms with Gasteiger partial charge in [-0.1, -0.05) is 48.5 Å². The second-order valence-electron chi connectivity index (χ2n) is 7.45. The van der Waals surface area contributed by atoms with Crippen LogP contribution in [0.25, 0.3) is 0 Å². The van der Waals surface area contributed by atoms with Crippen LogP contribution in [0.4, 0.5) is 11.5 Å². The maximum absolute atomic E-state index is 13.3. The monoisotopic (exact) mass is 371 g/mol. The van der Waals surface area contributed by atoms with Gasteiger partial charge < -0.3 is 9.80 Å². The Morgan fingerprint density at radius 3 is 2.61 bits per heavy atom. The fourth-order valence-electron chi connectivity index (χ4n) is 3.71. The van der Waals surface area contributed by atoms with Gasteiger partial charge in [0.2, 0.25) is 0 Å². The molecule has 0 atom stereocenters. The summed E-state index contributed by atoms with van der Waals surface area (Å²) in [5, 5.41) is 0. The normalized spacial score (nSPS) is 12.9. The summed E-state index contributed by atoms with van der Waals surface area (Å²) in [5.41, 5.74) is 4.32. The van der Waals surface area contributed by atoms with Crippen LogP contribution in [0.5, 0.6) is 0 Å². The van der Waals surface area contributed by atoms with Crippen molar-refractivity contribution in [2.24, 2.45) is 0 Å². The van der Waals surface area contributed by atoms with Gasteiger partial charge in [-0.3, -0.25) is 4.79 Å². The molecule has 0 spiro atoms. The molecule has 1 aliphatic heterocycles. The Morgan fingerprint density at radius 2 is 1.82 bits per heavy atom. The van der Waals surface area contributed by atoms with Crippen LogP contribution in [-0.2, 0) is 13.0 Å². The van der Waals surface area contributed by atoms with Gasteiger partial charge in [0.15, 0.2) is 0 Å². The molecule has 1 aliphatic rings. The summed E-state index contributed by atoms with van der Waals surface area (Å²) in [4.78, 5) is 21.9. The summed E-state index contributed by atoms with van der Waals surface area (Å²) in [5.74, 6) is 0.870. The fourth-order valence-corrected chi connectivity index (χ4v) is 3.71. The molecular weight excluding hydrogens is 346 g/mol. The minimum atomic E-state index is 0.0370. The van der Waals surface area contributed by atoms with Crippen molar-refractivity contribution in [3.63, 3.8) is 0 Å². The Kier molecular flexibility index (Phi) is 5.11. The molecule has 4 nitrogen and oxygen atoms in total. The molecule has 28 heavy (non-hydrogen) atoms. The lowest BCUT2D eigenvalue weighted by Crippen LogP contribution is -2.36. The number of amides is 1. The molecule has 1 amide bonds. The molecule has 4 heteroatoms. The van der Waals surface area contributed by atoms with Gasteiger partial charge >= 0.3 is 0 Å². The van der Waals surface area contributed by atoms with E-state index in [1.165, 1.54) is 11.3 Å². The van der Waals surface area contributed by atoms with Crippen molar-refractivity contribution >= 4 is 17.4 Å². The lowest BCUT2D eigenvalue weighted by atomic mass is 10.1. The average Bonchev–Trinajstić information content (AvgIpc) is 3.16. The number of rotatable bonds is 5. The first-order valence-corrected chi connectivity index (χ1v) is 9.80. The van der Waals surface area contributed by atoms with Crippen molar-refractivity contribution in [2.45, 2.75) is 32.9 Å². The number of aromatic nitrogens is 1. The molecule has 3 aromatic rings. The van der Waals surface area contributed by atoms with Gasteiger partial charge in [0.05, 0.1) is 0 Å². The first-order valence-electron chi connectivity index (χ1n) is 9.80. The molecule has 0 aliphatic carbocycles. The van der Waals surface area contributed by atoms with Crippen molar-refractivity contribution in [1.82, 2.24) is 9.88 Å². The predicted molar refractivity (Wildman–Crippen MR) is 113 cm³/mol. The zero-order valence-corrected chi connectivity index (χ0v) is 16.4. The Hall–Kier alpha value is -3.14. The van der Waals surface area contributed by atoms with Gasteiger partial charge in [0.1, 0.15) is 5.82 Å². The Morgan fingerprint density at radius 1 is 1.07 bits per heavy atom. The molecule has 0 unspecified atom stereocenters. The van der Waals surface area contributed by atoms with Gasteiger partial charge in [-0.15, -0.1) is 0 Å². The molecule has 0 saturated heterocycles. The number of hydrogen-bond acceptors (Lipinski definition) is 3. The van der Waals surface area contributed by atoms with E-state index >= 15 is 0 Å². The molecule has 0 bridgehead atoms. The van der Waals surface area contributed by atoms with Crippen molar-refractivity contribution < 1.29 is 4.79 Å². The van der Waals surface area contributed by atoms with Crippen LogP contribution in [0.15, 0.2) is 72.9 Å². The molecule has 0 saturated carbocycles. The second-order valence-corrected chi connectivity index (χ2v) is 7.45. The van der Waals surface area contributed by atoms with Gasteiger partial charge in [-0.2, -0.15) is 0 Å². The lowest BCUT2D eigenvalue weighted by molar-refractivity contribution is 0.0690. The third kappa shape index (κ3) is 3.63. The summed E-state index contributed by atoms with van der Waals surface area (Å²) in [6.07, 6.45) is 2.74. The third-order valence-electron chi connectivity index (χ3n) is 5.24. The molecule has 2 heterocycles. The fraction of sp³-hybridized carbons (Fsp3) is 0.250. The smallest absolute Gasteiger partial charge is 0.254 e. The zero-order valence-electron chi connectivity index (χ0n) is 16.4. The van der Waals surface area contributed by atoms with Crippen molar-refractivity contribution in [2.75, 3.05) is 11.4 Å². The highest BCUT2D eigenvalue weighted by atomic mass is 16.2.